The molecule has 3 heteroatoms. The molecule has 1 saturated heterocycles. The Balaban J connectivity index is 0.00000128. The molecule has 114 valence electrons. The molecule has 1 aliphatic rings. The topological polar surface area (TPSA) is 23.6 Å². The highest BCUT2D eigenvalue weighted by Crippen LogP contribution is 2.19. The summed E-state index contributed by atoms with van der Waals surface area (Å²) in [4.78, 5) is 15.8. The van der Waals surface area contributed by atoms with Crippen molar-refractivity contribution in [2.45, 2.75) is 47.0 Å². The predicted octanol–water partition coefficient (Wildman–Crippen LogP) is 3.93. The van der Waals surface area contributed by atoms with E-state index in [4.69, 9.17) is 0 Å². The van der Waals surface area contributed by atoms with Crippen LogP contribution in [0.2, 0.25) is 0 Å². The van der Waals surface area contributed by atoms with Gasteiger partial charge in [-0.15, -0.1) is 0 Å². The zero-order valence-corrected chi connectivity index (χ0v) is 13.4. The Hall–Kier alpha value is -1.51. The minimum absolute atomic E-state index is 0. The molecule has 0 radical (unpaired) electrons. The number of amides is 1. The number of rotatable bonds is 2. The maximum Gasteiger partial charge on any atom is 0.220 e. The van der Waals surface area contributed by atoms with Crippen LogP contribution in [-0.2, 0) is 11.2 Å². The fourth-order valence-corrected chi connectivity index (χ4v) is 2.36. The predicted molar refractivity (Wildman–Crippen MR) is 88.1 cm³/mol. The first-order valence-corrected chi connectivity index (χ1v) is 7.80. The van der Waals surface area contributed by atoms with Crippen molar-refractivity contribution in [3.05, 3.63) is 29.8 Å². The summed E-state index contributed by atoms with van der Waals surface area (Å²) in [6, 6.07) is 8.70. The normalized spacial score (nSPS) is 15.2. The van der Waals surface area contributed by atoms with Gasteiger partial charge in [0.05, 0.1) is 6.67 Å². The molecule has 0 spiro atoms. The quantitative estimate of drug-likeness (QED) is 0.818. The molecule has 1 aliphatic heterocycles. The average Bonchev–Trinajstić information content (AvgIpc) is 2.75. The Bertz CT molecular complexity index is 406. The van der Waals surface area contributed by atoms with Gasteiger partial charge in [-0.2, -0.15) is 0 Å². The summed E-state index contributed by atoms with van der Waals surface area (Å²) in [6.45, 7) is 10.5. The number of hydrogen-bond acceptors (Lipinski definition) is 2. The van der Waals surface area contributed by atoms with E-state index >= 15 is 0 Å². The van der Waals surface area contributed by atoms with E-state index in [0.717, 1.165) is 39.0 Å². The van der Waals surface area contributed by atoms with Gasteiger partial charge in [0.1, 0.15) is 0 Å². The van der Waals surface area contributed by atoms with E-state index in [2.05, 4.69) is 36.1 Å². The van der Waals surface area contributed by atoms with Crippen molar-refractivity contribution in [3.8, 4) is 0 Å². The maximum absolute atomic E-state index is 11.5. The van der Waals surface area contributed by atoms with E-state index in [0.29, 0.717) is 0 Å². The first kappa shape index (κ1) is 16.5. The number of carbonyl (C=O) groups excluding carboxylic acids is 1. The minimum Gasteiger partial charge on any atom is -0.354 e. The molecule has 3 nitrogen and oxygen atoms in total. The summed E-state index contributed by atoms with van der Waals surface area (Å²) in [5.41, 5.74) is 2.58. The zero-order valence-electron chi connectivity index (χ0n) is 13.4. The van der Waals surface area contributed by atoms with Gasteiger partial charge in [0.15, 0.2) is 0 Å². The molecule has 1 aromatic rings. The highest BCUT2D eigenvalue weighted by molar-refractivity contribution is 5.73. The van der Waals surface area contributed by atoms with Gasteiger partial charge in [0.2, 0.25) is 5.91 Å². The maximum atomic E-state index is 11.5. The third-order valence-electron chi connectivity index (χ3n) is 3.60. The molecule has 1 aromatic carbocycles. The molecule has 1 fully saturated rings. The summed E-state index contributed by atoms with van der Waals surface area (Å²) in [7, 11) is 0. The number of hydrogen-bond donors (Lipinski definition) is 0. The van der Waals surface area contributed by atoms with Crippen molar-refractivity contribution >= 4 is 11.6 Å². The molecule has 0 N–H and O–H groups in total. The van der Waals surface area contributed by atoms with Gasteiger partial charge in [-0.1, -0.05) is 32.9 Å². The van der Waals surface area contributed by atoms with Gasteiger partial charge in [-0.3, -0.25) is 4.79 Å². The number of benzene rings is 1. The van der Waals surface area contributed by atoms with Crippen LogP contribution in [-0.4, -0.2) is 30.6 Å². The van der Waals surface area contributed by atoms with Crippen molar-refractivity contribution in [2.75, 3.05) is 24.7 Å². The van der Waals surface area contributed by atoms with Crippen LogP contribution < -0.4 is 4.90 Å². The van der Waals surface area contributed by atoms with Crippen molar-refractivity contribution in [3.63, 3.8) is 0 Å². The fraction of sp³-hybridized carbons (Fsp3) is 0.588. The second kappa shape index (κ2) is 8.62. The lowest BCUT2D eigenvalue weighted by Crippen LogP contribution is -2.39. The lowest BCUT2D eigenvalue weighted by atomic mass is 10.1. The van der Waals surface area contributed by atoms with E-state index < -0.39 is 0 Å². The Labute approximate surface area is 125 Å². The number of anilines is 1. The number of nitrogens with zero attached hydrogens (tertiary/aromatic N) is 2. The molecule has 1 heterocycles. The molecule has 0 saturated carbocycles. The summed E-state index contributed by atoms with van der Waals surface area (Å²) in [5.74, 6) is 0.173. The Morgan fingerprint density at radius 1 is 1.15 bits per heavy atom. The lowest BCUT2D eigenvalue weighted by molar-refractivity contribution is -0.128. The van der Waals surface area contributed by atoms with Crippen LogP contribution in [0.5, 0.6) is 0 Å². The molecule has 1 amide bonds. The van der Waals surface area contributed by atoms with Crippen molar-refractivity contribution in [1.29, 1.82) is 0 Å². The van der Waals surface area contributed by atoms with Crippen LogP contribution in [0.4, 0.5) is 5.69 Å². The summed E-state index contributed by atoms with van der Waals surface area (Å²) in [5, 5.41) is 0. The van der Waals surface area contributed by atoms with Crippen molar-refractivity contribution < 1.29 is 6.22 Å². The molecule has 0 bridgehead atoms. The number of aryl methyl sites for hydroxylation is 1. The van der Waals surface area contributed by atoms with E-state index in [9.17, 15) is 4.79 Å². The molecule has 0 unspecified atom stereocenters. The van der Waals surface area contributed by atoms with Crippen LogP contribution >= 0.6 is 0 Å². The molecule has 0 aromatic heterocycles. The molecular formula is C17H30N2O. The molecular weight excluding hydrogens is 248 g/mol. The molecule has 0 atom stereocenters. The Morgan fingerprint density at radius 3 is 2.30 bits per heavy atom. The average molecular weight is 278 g/mol. The van der Waals surface area contributed by atoms with E-state index in [-0.39, 0.29) is 7.33 Å². The van der Waals surface area contributed by atoms with E-state index in [1.54, 1.807) is 6.92 Å². The molecule has 2 rings (SSSR count). The first-order valence-electron chi connectivity index (χ1n) is 7.80. The summed E-state index contributed by atoms with van der Waals surface area (Å²) in [6.07, 6.45) is 3.32. The third-order valence-corrected chi connectivity index (χ3v) is 3.60. The van der Waals surface area contributed by atoms with Gasteiger partial charge in [0, 0.05) is 27.1 Å². The van der Waals surface area contributed by atoms with Gasteiger partial charge in [-0.25, -0.2) is 0 Å². The second-order valence-corrected chi connectivity index (χ2v) is 4.91. The fourth-order valence-electron chi connectivity index (χ4n) is 2.36. The van der Waals surface area contributed by atoms with E-state index in [1.807, 2.05) is 18.7 Å². The van der Waals surface area contributed by atoms with Crippen molar-refractivity contribution in [2.24, 2.45) is 0 Å². The van der Waals surface area contributed by atoms with Crippen LogP contribution in [0.3, 0.4) is 0 Å². The van der Waals surface area contributed by atoms with Gasteiger partial charge < -0.3 is 9.80 Å². The van der Waals surface area contributed by atoms with Gasteiger partial charge >= 0.3 is 0 Å². The molecule has 20 heavy (non-hydrogen) atoms. The van der Waals surface area contributed by atoms with E-state index in [1.165, 1.54) is 11.3 Å². The zero-order chi connectivity index (χ0) is 15.0. The van der Waals surface area contributed by atoms with Gasteiger partial charge in [0.25, 0.3) is 0 Å². The standard InChI is InChI=1S/C15H22N2O.C2H6.H2/c1-3-14-6-8-15(9-7-14)17-11-5-4-10-16(12-17)13(2)18;1-2;/h6-9H,3-5,10-12H2,1-2H3;1-2H3;1H. The SMILES string of the molecule is CC.CCc1ccc(N2CCCCN(C(C)=O)C2)cc1.[HH]. The summed E-state index contributed by atoms with van der Waals surface area (Å²) < 4.78 is 0. The largest absolute Gasteiger partial charge is 0.354 e. The monoisotopic (exact) mass is 278 g/mol. The number of carbonyl (C=O) groups is 1. The second-order valence-electron chi connectivity index (χ2n) is 4.91. The minimum atomic E-state index is 0. The smallest absolute Gasteiger partial charge is 0.220 e. The van der Waals surface area contributed by atoms with Gasteiger partial charge in [-0.05, 0) is 37.0 Å². The van der Waals surface area contributed by atoms with Crippen LogP contribution in [0, 0.1) is 0 Å². The van der Waals surface area contributed by atoms with Crippen LogP contribution in [0.25, 0.3) is 0 Å². The lowest BCUT2D eigenvalue weighted by Gasteiger charge is -2.28. The molecule has 0 aliphatic carbocycles. The highest BCUT2D eigenvalue weighted by atomic mass is 16.2. The van der Waals surface area contributed by atoms with Crippen LogP contribution in [0.15, 0.2) is 24.3 Å². The highest BCUT2D eigenvalue weighted by Gasteiger charge is 2.17. The Kier molecular flexibility index (Phi) is 7.13. The van der Waals surface area contributed by atoms with Crippen LogP contribution in [0.1, 0.15) is 47.5 Å². The third kappa shape index (κ3) is 4.55. The first-order chi connectivity index (χ1) is 9.70. The summed E-state index contributed by atoms with van der Waals surface area (Å²) >= 11 is 0. The Morgan fingerprint density at radius 2 is 1.75 bits per heavy atom. The van der Waals surface area contributed by atoms with Crippen molar-refractivity contribution in [1.82, 2.24) is 4.90 Å².